The number of benzene rings is 7. The van der Waals surface area contributed by atoms with E-state index in [4.69, 9.17) is 30.5 Å². The van der Waals surface area contributed by atoms with E-state index in [2.05, 4.69) is 24.3 Å². The Morgan fingerprint density at radius 2 is 0.838 bits per heavy atom. The quantitative estimate of drug-likeness (QED) is 0.0884. The first-order valence-electron chi connectivity index (χ1n) is 34.6. The summed E-state index contributed by atoms with van der Waals surface area (Å²) in [6, 6.07) is 60.3. The van der Waals surface area contributed by atoms with Crippen molar-refractivity contribution in [3.8, 4) is 101 Å². The molecule has 2 aliphatic rings. The number of hydrogen-bond donors (Lipinski definition) is 1. The number of methoxy groups -OCH3 is 4. The van der Waals surface area contributed by atoms with E-state index in [1.54, 1.807) is 108 Å². The number of hydroxylamine groups is 2. The fraction of sp³-hybridized carbons (Fsp3) is 0.0909. The number of allylic oxidation sites excluding steroid dienone is 5. The Hall–Kier alpha value is -13.5. The van der Waals surface area contributed by atoms with Crippen LogP contribution in [0.5, 0.6) is 23.0 Å². The SMILES string of the molecule is COc1ccccc1-c1ccnc2c(-c3c(C)cccc3C)[n+]([O-])ccc12.COc1ccccc1-c1ccnc2c(-c3c(F)cccc3F)[n+]([O-])ccc12.COc1ccccc1-c1ccnc2c(-c3ccccc3Cl)[n+]([O-])ccc12.COc1ccccc1-c1ccnc2c1C=CN(O)C2=C1C=CC(=NS(C)(=O)=O)C=C1C. The molecule has 0 radical (unpaired) electrons. The van der Waals surface area contributed by atoms with Crippen molar-refractivity contribution in [2.45, 2.75) is 20.8 Å². The van der Waals surface area contributed by atoms with Gasteiger partial charge in [-0.2, -0.15) is 18.6 Å². The molecular formula is C88H70ClF2N9O10S. The van der Waals surface area contributed by atoms with Gasteiger partial charge in [-0.15, -0.1) is 0 Å². The Morgan fingerprint density at radius 1 is 0.450 bits per heavy atom. The Bertz CT molecular complexity index is 6030. The summed E-state index contributed by atoms with van der Waals surface area (Å²) in [4.78, 5) is 17.9. The van der Waals surface area contributed by atoms with Crippen molar-refractivity contribution in [3.05, 3.63) is 334 Å². The van der Waals surface area contributed by atoms with Crippen LogP contribution in [0.25, 0.3) is 123 Å². The second-order valence-corrected chi connectivity index (χ2v) is 27.5. The number of hydrogen-bond acceptors (Lipinski definition) is 15. The van der Waals surface area contributed by atoms with Gasteiger partial charge in [-0.1, -0.05) is 127 Å². The molecule has 1 aliphatic carbocycles. The van der Waals surface area contributed by atoms with Crippen molar-refractivity contribution < 1.29 is 55.5 Å². The van der Waals surface area contributed by atoms with Gasteiger partial charge < -0.3 is 34.6 Å². The molecule has 0 saturated carbocycles. The van der Waals surface area contributed by atoms with Crippen LogP contribution in [0, 0.1) is 41.1 Å². The standard InChI is InChI=1S/C23H21N3O4S.C23H20N2O2.C21H15ClN2O2.C21H14F2N2O2/c1-15-14-16(25-31(3,28)29)8-9-17(15)23-22-20(11-13-26(23)27)18(10-12-24-22)19-6-4-5-7-21(19)30-2;1-15-7-6-8-16(2)21(15)23-22-19(12-14-25(23)26)17(11-13-24-22)18-9-4-5-10-20(18)27-3;1-26-19-9-5-3-6-15(19)14-10-12-23-20-16(14)11-13-24(25)21(20)17-7-2-4-8-18(17)22;1-27-18-8-3-2-5-14(18)13-9-11-24-20-15(13)10-12-25(26)21(20)19-16(22)6-4-7-17(19)23/h4-14,27H,1-3H3;4-14H,1-3H3;2-13H,1H3;2-12H,1H3. The highest BCUT2D eigenvalue weighted by atomic mass is 35.5. The highest BCUT2D eigenvalue weighted by molar-refractivity contribution is 7.89. The summed E-state index contributed by atoms with van der Waals surface area (Å²) in [6.45, 7) is 5.87. The zero-order valence-electron chi connectivity index (χ0n) is 61.2. The molecule has 16 rings (SSSR count). The van der Waals surface area contributed by atoms with Gasteiger partial charge in [0, 0.05) is 98.7 Å². The van der Waals surface area contributed by atoms with E-state index in [0.717, 1.165) is 133 Å². The molecule has 19 nitrogen and oxygen atoms in total. The Kier molecular flexibility index (Phi) is 22.4. The lowest BCUT2D eigenvalue weighted by Crippen LogP contribution is -2.29. The zero-order valence-corrected chi connectivity index (χ0v) is 62.7. The van der Waals surface area contributed by atoms with E-state index in [1.807, 2.05) is 178 Å². The van der Waals surface area contributed by atoms with Gasteiger partial charge in [0.1, 0.15) is 62.4 Å². The van der Waals surface area contributed by atoms with Crippen LogP contribution in [0.1, 0.15) is 29.3 Å². The molecule has 554 valence electrons. The van der Waals surface area contributed by atoms with Crippen molar-refractivity contribution in [3.63, 3.8) is 0 Å². The summed E-state index contributed by atoms with van der Waals surface area (Å²) < 4.78 is 79.5. The maximum absolute atomic E-state index is 14.3. The molecule has 7 aromatic carbocycles. The van der Waals surface area contributed by atoms with E-state index in [9.17, 15) is 38.0 Å². The van der Waals surface area contributed by atoms with Crippen LogP contribution < -0.4 is 33.1 Å². The molecule has 0 spiro atoms. The highest BCUT2D eigenvalue weighted by Crippen LogP contribution is 2.44. The monoisotopic (exact) mass is 1520 g/mol. The largest absolute Gasteiger partial charge is 0.618 e. The first-order chi connectivity index (χ1) is 53.7. The van der Waals surface area contributed by atoms with E-state index in [-0.39, 0.29) is 11.2 Å². The molecule has 0 fully saturated rings. The molecule has 0 unspecified atom stereocenters. The minimum atomic E-state index is -3.51. The van der Waals surface area contributed by atoms with Crippen molar-refractivity contribution in [1.29, 1.82) is 0 Å². The highest BCUT2D eigenvalue weighted by Gasteiger charge is 2.29. The molecular weight excluding hydrogens is 1450 g/mol. The number of para-hydroxylation sites is 4. The number of pyridine rings is 7. The van der Waals surface area contributed by atoms with Crippen LogP contribution >= 0.6 is 11.6 Å². The molecule has 1 aliphatic heterocycles. The fourth-order valence-electron chi connectivity index (χ4n) is 13.7. The van der Waals surface area contributed by atoms with E-state index < -0.39 is 27.2 Å². The summed E-state index contributed by atoms with van der Waals surface area (Å²) in [6.07, 6.45) is 20.3. The van der Waals surface area contributed by atoms with Gasteiger partial charge in [0.05, 0.1) is 62.3 Å². The first-order valence-corrected chi connectivity index (χ1v) is 36.8. The number of halogens is 3. The van der Waals surface area contributed by atoms with Gasteiger partial charge >= 0.3 is 0 Å². The molecule has 7 aromatic heterocycles. The number of nitrogens with zero attached hydrogens (tertiary/aromatic N) is 9. The second-order valence-electron chi connectivity index (χ2n) is 25.4. The maximum Gasteiger partial charge on any atom is 0.256 e. The summed E-state index contributed by atoms with van der Waals surface area (Å²) in [5.41, 5.74) is 16.6. The predicted octanol–water partition coefficient (Wildman–Crippen LogP) is 18.2. The lowest BCUT2D eigenvalue weighted by atomic mass is 9.91. The van der Waals surface area contributed by atoms with E-state index in [0.29, 0.717) is 71.5 Å². The number of sulfonamides is 1. The van der Waals surface area contributed by atoms with Crippen molar-refractivity contribution >= 4 is 71.8 Å². The minimum Gasteiger partial charge on any atom is -0.618 e. The van der Waals surface area contributed by atoms with Crippen molar-refractivity contribution in [2.24, 2.45) is 4.40 Å². The summed E-state index contributed by atoms with van der Waals surface area (Å²) in [5, 5.41) is 52.3. The number of rotatable bonds is 12. The molecule has 0 saturated heterocycles. The topological polar surface area (TPSA) is 239 Å². The molecule has 1 N–H and O–H groups in total. The van der Waals surface area contributed by atoms with E-state index in [1.165, 1.54) is 24.7 Å². The van der Waals surface area contributed by atoms with Crippen LogP contribution in [0.3, 0.4) is 0 Å². The van der Waals surface area contributed by atoms with E-state index >= 15 is 0 Å². The van der Waals surface area contributed by atoms with Gasteiger partial charge in [0.2, 0.25) is 0 Å². The maximum atomic E-state index is 14.3. The number of aromatic nitrogens is 7. The van der Waals surface area contributed by atoms with Gasteiger partial charge in [-0.3, -0.25) is 10.2 Å². The summed E-state index contributed by atoms with van der Waals surface area (Å²) in [7, 11) is 2.98. The number of fused-ring (bicyclic) bond motifs is 4. The molecule has 0 amide bonds. The lowest BCUT2D eigenvalue weighted by molar-refractivity contribution is -0.592. The average molecular weight is 1520 g/mol. The molecule has 23 heteroatoms. The Morgan fingerprint density at radius 3 is 1.28 bits per heavy atom. The van der Waals surface area contributed by atoms with Crippen molar-refractivity contribution in [1.82, 2.24) is 25.0 Å². The molecule has 0 bridgehead atoms. The van der Waals surface area contributed by atoms with Gasteiger partial charge in [-0.05, 0) is 151 Å². The van der Waals surface area contributed by atoms with Crippen LogP contribution in [0.2, 0.25) is 5.02 Å². The van der Waals surface area contributed by atoms with Gasteiger partial charge in [-0.25, -0.2) is 37.2 Å². The number of ether oxygens (including phenoxy) is 4. The van der Waals surface area contributed by atoms with Gasteiger partial charge in [0.15, 0.2) is 18.6 Å². The smallest absolute Gasteiger partial charge is 0.256 e. The normalized spacial score (nSPS) is 13.3. The molecule has 14 aromatic rings. The number of aryl methyl sites for hydroxylation is 2. The fourth-order valence-corrected chi connectivity index (χ4v) is 14.4. The Labute approximate surface area is 643 Å². The Balaban J connectivity index is 0.000000130. The predicted molar refractivity (Wildman–Crippen MR) is 430 cm³/mol. The van der Waals surface area contributed by atoms with Crippen LogP contribution in [0.4, 0.5) is 8.78 Å². The minimum absolute atomic E-state index is 0.167. The van der Waals surface area contributed by atoms with Crippen molar-refractivity contribution in [2.75, 3.05) is 34.7 Å². The van der Waals surface area contributed by atoms with Crippen LogP contribution in [-0.4, -0.2) is 79.0 Å². The average Bonchev–Trinajstić information content (AvgIpc) is 0.775. The zero-order chi connectivity index (χ0) is 78.2. The summed E-state index contributed by atoms with van der Waals surface area (Å²) in [5.74, 6) is 1.28. The second kappa shape index (κ2) is 32.9. The molecule has 111 heavy (non-hydrogen) atoms. The molecule has 0 atom stereocenters. The first kappa shape index (κ1) is 75.7. The lowest BCUT2D eigenvalue weighted by Gasteiger charge is -2.27. The third-order valence-corrected chi connectivity index (χ3v) is 19.5. The van der Waals surface area contributed by atoms with Gasteiger partial charge in [0.25, 0.3) is 27.1 Å². The van der Waals surface area contributed by atoms with Crippen LogP contribution in [0.15, 0.2) is 284 Å². The summed E-state index contributed by atoms with van der Waals surface area (Å²) >= 11 is 6.34. The van der Waals surface area contributed by atoms with Crippen LogP contribution in [-0.2, 0) is 10.0 Å². The molecule has 8 heterocycles. The third-order valence-electron chi connectivity index (χ3n) is 18.6. The third kappa shape index (κ3) is 15.5.